The largest absolute Gasteiger partial charge is 0.347 e. The fourth-order valence-corrected chi connectivity index (χ4v) is 1.88. The maximum Gasteiger partial charge on any atom is 0.251 e. The Kier molecular flexibility index (Phi) is 4.63. The molecule has 0 atom stereocenters. The van der Waals surface area contributed by atoms with Crippen LogP contribution < -0.4 is 5.32 Å². The summed E-state index contributed by atoms with van der Waals surface area (Å²) >= 11 is 11.4. The Morgan fingerprint density at radius 3 is 2.38 bits per heavy atom. The van der Waals surface area contributed by atoms with Crippen molar-refractivity contribution in [2.24, 2.45) is 0 Å². The lowest BCUT2D eigenvalue weighted by Crippen LogP contribution is -2.43. The van der Waals surface area contributed by atoms with E-state index < -0.39 is 0 Å². The summed E-state index contributed by atoms with van der Waals surface area (Å²) in [6.45, 7) is 3.90. The molecule has 1 amide bonds. The lowest BCUT2D eigenvalue weighted by Gasteiger charge is -2.25. The third-order valence-corrected chi connectivity index (χ3v) is 2.72. The molecule has 0 aliphatic rings. The van der Waals surface area contributed by atoms with Gasteiger partial charge in [-0.15, -0.1) is 11.6 Å². The van der Waals surface area contributed by atoms with E-state index in [9.17, 15) is 4.79 Å². The highest BCUT2D eigenvalue weighted by Crippen LogP contribution is 2.13. The van der Waals surface area contributed by atoms with Gasteiger partial charge in [-0.1, -0.05) is 11.6 Å². The molecule has 0 fully saturated rings. The lowest BCUT2D eigenvalue weighted by atomic mass is 10.0. The van der Waals surface area contributed by atoms with E-state index in [4.69, 9.17) is 23.2 Å². The summed E-state index contributed by atoms with van der Waals surface area (Å²) in [5, 5.41) is 3.55. The van der Waals surface area contributed by atoms with Crippen molar-refractivity contribution in [1.29, 1.82) is 0 Å². The maximum absolute atomic E-state index is 11.8. The number of alkyl halides is 1. The van der Waals surface area contributed by atoms with Gasteiger partial charge in [0.05, 0.1) is 0 Å². The number of hydrogen-bond donors (Lipinski definition) is 1. The van der Waals surface area contributed by atoms with Crippen LogP contribution in [-0.2, 0) is 0 Å². The second kappa shape index (κ2) is 5.55. The number of amides is 1. The second-order valence-electron chi connectivity index (χ2n) is 4.28. The molecular formula is C12H15Cl2NO. The van der Waals surface area contributed by atoms with Crippen LogP contribution in [0.2, 0.25) is 5.02 Å². The second-order valence-corrected chi connectivity index (χ2v) is 5.10. The first-order chi connectivity index (χ1) is 7.44. The molecule has 1 N–H and O–H groups in total. The van der Waals surface area contributed by atoms with Crippen LogP contribution in [0.4, 0.5) is 0 Å². The van der Waals surface area contributed by atoms with E-state index in [2.05, 4.69) is 5.32 Å². The van der Waals surface area contributed by atoms with Gasteiger partial charge in [-0.25, -0.2) is 0 Å². The molecule has 0 spiro atoms. The molecule has 0 bridgehead atoms. The normalized spacial score (nSPS) is 11.2. The van der Waals surface area contributed by atoms with Crippen LogP contribution >= 0.6 is 23.2 Å². The predicted molar refractivity (Wildman–Crippen MR) is 68.3 cm³/mol. The van der Waals surface area contributed by atoms with Crippen molar-refractivity contribution >= 4 is 29.1 Å². The van der Waals surface area contributed by atoms with Gasteiger partial charge in [0.2, 0.25) is 0 Å². The SMILES string of the molecule is CC(C)(CCCl)NC(=O)c1ccc(Cl)cc1. The first-order valence-corrected chi connectivity index (χ1v) is 6.00. The van der Waals surface area contributed by atoms with Crippen LogP contribution in [0.25, 0.3) is 0 Å². The molecule has 0 aromatic heterocycles. The van der Waals surface area contributed by atoms with Crippen molar-refractivity contribution in [1.82, 2.24) is 5.32 Å². The van der Waals surface area contributed by atoms with E-state index in [1.54, 1.807) is 24.3 Å². The molecule has 88 valence electrons. The fraction of sp³-hybridized carbons (Fsp3) is 0.417. The molecule has 0 unspecified atom stereocenters. The number of carbonyl (C=O) groups is 1. The molecule has 0 aliphatic heterocycles. The van der Waals surface area contributed by atoms with Gasteiger partial charge in [-0.2, -0.15) is 0 Å². The summed E-state index contributed by atoms with van der Waals surface area (Å²) in [7, 11) is 0. The molecule has 0 radical (unpaired) electrons. The molecule has 1 rings (SSSR count). The van der Waals surface area contributed by atoms with Crippen molar-refractivity contribution < 1.29 is 4.79 Å². The molecule has 0 saturated heterocycles. The van der Waals surface area contributed by atoms with Gasteiger partial charge < -0.3 is 5.32 Å². The standard InChI is InChI=1S/C12H15Cl2NO/c1-12(2,7-8-13)15-11(16)9-3-5-10(14)6-4-9/h3-6H,7-8H2,1-2H3,(H,15,16). The maximum atomic E-state index is 11.8. The minimum Gasteiger partial charge on any atom is -0.347 e. The van der Waals surface area contributed by atoms with Crippen LogP contribution in [0.3, 0.4) is 0 Å². The van der Waals surface area contributed by atoms with Gasteiger partial charge >= 0.3 is 0 Å². The van der Waals surface area contributed by atoms with Crippen molar-refractivity contribution in [3.05, 3.63) is 34.9 Å². The van der Waals surface area contributed by atoms with Crippen LogP contribution in [-0.4, -0.2) is 17.3 Å². The van der Waals surface area contributed by atoms with Crippen molar-refractivity contribution in [3.63, 3.8) is 0 Å². The third-order valence-electron chi connectivity index (χ3n) is 2.28. The zero-order chi connectivity index (χ0) is 12.2. The fourth-order valence-electron chi connectivity index (χ4n) is 1.28. The number of halogens is 2. The Balaban J connectivity index is 2.69. The Morgan fingerprint density at radius 1 is 1.31 bits per heavy atom. The van der Waals surface area contributed by atoms with Crippen LogP contribution in [0.5, 0.6) is 0 Å². The Morgan fingerprint density at radius 2 is 1.88 bits per heavy atom. The van der Waals surface area contributed by atoms with E-state index in [-0.39, 0.29) is 11.4 Å². The molecule has 0 saturated carbocycles. The summed E-state index contributed by atoms with van der Waals surface area (Å²) in [4.78, 5) is 11.8. The highest BCUT2D eigenvalue weighted by atomic mass is 35.5. The first-order valence-electron chi connectivity index (χ1n) is 5.09. The average Bonchev–Trinajstić information content (AvgIpc) is 2.17. The topological polar surface area (TPSA) is 29.1 Å². The number of rotatable bonds is 4. The van der Waals surface area contributed by atoms with Crippen LogP contribution in [0.15, 0.2) is 24.3 Å². The number of nitrogens with one attached hydrogen (secondary N) is 1. The molecule has 16 heavy (non-hydrogen) atoms. The highest BCUT2D eigenvalue weighted by Gasteiger charge is 2.20. The first kappa shape index (κ1) is 13.3. The van der Waals surface area contributed by atoms with Crippen molar-refractivity contribution in [3.8, 4) is 0 Å². The molecule has 1 aromatic carbocycles. The van der Waals surface area contributed by atoms with Gasteiger partial charge in [0.25, 0.3) is 5.91 Å². The number of carbonyl (C=O) groups excluding carboxylic acids is 1. The van der Waals surface area contributed by atoms with Gasteiger partial charge in [-0.3, -0.25) is 4.79 Å². The lowest BCUT2D eigenvalue weighted by molar-refractivity contribution is 0.0911. The van der Waals surface area contributed by atoms with Gasteiger partial charge in [0.1, 0.15) is 0 Å². The zero-order valence-corrected chi connectivity index (χ0v) is 10.9. The minimum absolute atomic E-state index is 0.105. The Bertz CT molecular complexity index is 360. The molecule has 2 nitrogen and oxygen atoms in total. The highest BCUT2D eigenvalue weighted by molar-refractivity contribution is 6.30. The Hall–Kier alpha value is -0.730. The van der Waals surface area contributed by atoms with Crippen LogP contribution in [0, 0.1) is 0 Å². The molecule has 0 aliphatic carbocycles. The summed E-state index contributed by atoms with van der Waals surface area (Å²) in [6.07, 6.45) is 0.730. The third kappa shape index (κ3) is 4.03. The Labute approximate surface area is 106 Å². The summed E-state index contributed by atoms with van der Waals surface area (Å²) in [5.41, 5.74) is 0.311. The number of benzene rings is 1. The van der Waals surface area contributed by atoms with Gasteiger partial charge in [0, 0.05) is 22.0 Å². The van der Waals surface area contributed by atoms with E-state index in [1.165, 1.54) is 0 Å². The predicted octanol–water partition coefficient (Wildman–Crippen LogP) is 3.48. The molecule has 0 heterocycles. The van der Waals surface area contributed by atoms with Crippen molar-refractivity contribution in [2.75, 3.05) is 5.88 Å². The van der Waals surface area contributed by atoms with E-state index in [1.807, 2.05) is 13.8 Å². The summed E-state index contributed by atoms with van der Waals surface area (Å²) in [6, 6.07) is 6.80. The zero-order valence-electron chi connectivity index (χ0n) is 9.39. The number of hydrogen-bond acceptors (Lipinski definition) is 1. The molecule has 4 heteroatoms. The van der Waals surface area contributed by atoms with E-state index in [0.29, 0.717) is 16.5 Å². The monoisotopic (exact) mass is 259 g/mol. The molecular weight excluding hydrogens is 245 g/mol. The van der Waals surface area contributed by atoms with Crippen LogP contribution in [0.1, 0.15) is 30.6 Å². The van der Waals surface area contributed by atoms with E-state index >= 15 is 0 Å². The van der Waals surface area contributed by atoms with Crippen molar-refractivity contribution in [2.45, 2.75) is 25.8 Å². The minimum atomic E-state index is -0.293. The van der Waals surface area contributed by atoms with Gasteiger partial charge in [0.15, 0.2) is 0 Å². The summed E-state index contributed by atoms with van der Waals surface area (Å²) < 4.78 is 0. The average molecular weight is 260 g/mol. The summed E-state index contributed by atoms with van der Waals surface area (Å²) in [5.74, 6) is 0.417. The quantitative estimate of drug-likeness (QED) is 0.825. The van der Waals surface area contributed by atoms with E-state index in [0.717, 1.165) is 6.42 Å². The smallest absolute Gasteiger partial charge is 0.251 e. The molecule has 1 aromatic rings. The van der Waals surface area contributed by atoms with Gasteiger partial charge in [-0.05, 0) is 44.5 Å².